The summed E-state index contributed by atoms with van der Waals surface area (Å²) in [5.41, 5.74) is 0. The fourth-order valence-corrected chi connectivity index (χ4v) is 3.41. The van der Waals surface area contributed by atoms with Crippen LogP contribution >= 0.6 is 0 Å². The number of piperazine rings is 2. The third kappa shape index (κ3) is 9.52. The van der Waals surface area contributed by atoms with Crippen molar-refractivity contribution in [1.82, 2.24) is 19.6 Å². The number of ketones is 1. The Morgan fingerprint density at radius 1 is 0.719 bits per heavy atom. The van der Waals surface area contributed by atoms with Gasteiger partial charge in [-0.15, -0.1) is 0 Å². The van der Waals surface area contributed by atoms with Crippen molar-refractivity contribution < 1.29 is 28.7 Å². The lowest BCUT2D eigenvalue weighted by atomic mass is 10.2. The molecule has 2 aliphatic heterocycles. The molecule has 2 heterocycles. The van der Waals surface area contributed by atoms with E-state index in [4.69, 9.17) is 9.47 Å². The molecule has 0 aromatic heterocycles. The first-order valence-electron chi connectivity index (χ1n) is 11.6. The number of hydrogen-bond acceptors (Lipinski definition) is 6. The molecule has 0 radical (unpaired) electrons. The van der Waals surface area contributed by atoms with E-state index in [1.165, 1.54) is 6.92 Å². The number of carbonyl (C=O) groups excluding carboxylic acids is 4. The molecular formula is C22H40N4O6. The van der Waals surface area contributed by atoms with E-state index >= 15 is 0 Å². The number of nitrogens with zero attached hydrogens (tertiary/aromatic N) is 4. The summed E-state index contributed by atoms with van der Waals surface area (Å²) in [5.74, 6) is -0.234. The Bertz CT molecular complexity index is 612. The second kappa shape index (κ2) is 14.8. The van der Waals surface area contributed by atoms with E-state index in [-0.39, 0.29) is 42.9 Å². The zero-order chi connectivity index (χ0) is 24.1. The molecule has 0 saturated carbocycles. The number of carbonyl (C=O) groups is 4. The lowest BCUT2D eigenvalue weighted by Gasteiger charge is -2.40. The monoisotopic (exact) mass is 456 g/mol. The molecule has 10 nitrogen and oxygen atoms in total. The van der Waals surface area contributed by atoms with Crippen LogP contribution in [0.4, 0.5) is 4.79 Å². The summed E-state index contributed by atoms with van der Waals surface area (Å²) in [7, 11) is 0. The minimum absolute atomic E-state index is 0.0508. The van der Waals surface area contributed by atoms with E-state index in [9.17, 15) is 19.2 Å². The van der Waals surface area contributed by atoms with Crippen LogP contribution in [0.1, 0.15) is 41.0 Å². The Hall–Kier alpha value is -2.20. The molecule has 2 aliphatic rings. The number of ether oxygens (including phenoxy) is 2. The van der Waals surface area contributed by atoms with Crippen LogP contribution in [0.5, 0.6) is 0 Å². The van der Waals surface area contributed by atoms with Gasteiger partial charge in [-0.25, -0.2) is 4.79 Å². The third-order valence-electron chi connectivity index (χ3n) is 5.10. The van der Waals surface area contributed by atoms with Gasteiger partial charge in [-0.05, 0) is 20.8 Å². The molecule has 2 fully saturated rings. The van der Waals surface area contributed by atoms with Gasteiger partial charge in [0.25, 0.3) is 0 Å². The average Bonchev–Trinajstić information content (AvgIpc) is 2.79. The molecule has 0 aromatic rings. The molecule has 0 atom stereocenters. The van der Waals surface area contributed by atoms with Crippen LogP contribution in [0.15, 0.2) is 0 Å². The highest BCUT2D eigenvalue weighted by Gasteiger charge is 2.30. The van der Waals surface area contributed by atoms with Crippen molar-refractivity contribution in [2.75, 3.05) is 72.2 Å². The van der Waals surface area contributed by atoms with Crippen molar-refractivity contribution in [3.05, 3.63) is 0 Å². The molecule has 0 aliphatic carbocycles. The minimum atomic E-state index is -0.170. The van der Waals surface area contributed by atoms with E-state index < -0.39 is 0 Å². The number of Topliss-reactive ketones (excluding diaryl/α,β-unsaturated/α-hetero) is 1. The van der Waals surface area contributed by atoms with Crippen molar-refractivity contribution in [3.8, 4) is 0 Å². The Kier molecular flexibility index (Phi) is 12.9. The van der Waals surface area contributed by atoms with E-state index in [1.54, 1.807) is 19.6 Å². The maximum absolute atomic E-state index is 12.8. The maximum Gasteiger partial charge on any atom is 0.320 e. The highest BCUT2D eigenvalue weighted by molar-refractivity contribution is 5.80. The molecule has 4 amide bonds. The van der Waals surface area contributed by atoms with E-state index in [0.29, 0.717) is 65.4 Å². The summed E-state index contributed by atoms with van der Waals surface area (Å²) < 4.78 is 10.5. The Balaban J connectivity index is 0.00000249. The predicted molar refractivity (Wildman–Crippen MR) is 120 cm³/mol. The third-order valence-corrected chi connectivity index (χ3v) is 5.10. The zero-order valence-corrected chi connectivity index (χ0v) is 20.3. The van der Waals surface area contributed by atoms with Crippen LogP contribution < -0.4 is 0 Å². The summed E-state index contributed by atoms with van der Waals surface area (Å²) in [4.78, 5) is 54.9. The minimum Gasteiger partial charge on any atom is -0.378 e. The molecule has 184 valence electrons. The van der Waals surface area contributed by atoms with Gasteiger partial charge in [0.1, 0.15) is 13.2 Å². The van der Waals surface area contributed by atoms with Gasteiger partial charge in [-0.2, -0.15) is 0 Å². The fraction of sp³-hybridized carbons (Fsp3) is 0.818. The lowest BCUT2D eigenvalue weighted by Crippen LogP contribution is -2.58. The van der Waals surface area contributed by atoms with Gasteiger partial charge in [-0.3, -0.25) is 14.4 Å². The summed E-state index contributed by atoms with van der Waals surface area (Å²) in [6.45, 7) is 13.4. The second-order valence-electron chi connectivity index (χ2n) is 7.88. The second-order valence-corrected chi connectivity index (χ2v) is 7.88. The lowest BCUT2D eigenvalue weighted by molar-refractivity contribution is -0.139. The van der Waals surface area contributed by atoms with Gasteiger partial charge in [0.15, 0.2) is 5.78 Å². The van der Waals surface area contributed by atoms with Crippen LogP contribution in [-0.2, 0) is 23.9 Å². The van der Waals surface area contributed by atoms with Crippen molar-refractivity contribution in [1.29, 1.82) is 0 Å². The fourth-order valence-electron chi connectivity index (χ4n) is 3.41. The van der Waals surface area contributed by atoms with Gasteiger partial charge >= 0.3 is 6.03 Å². The molecule has 32 heavy (non-hydrogen) atoms. The topological polar surface area (TPSA) is 99.7 Å². The molecule has 0 bridgehead atoms. The summed E-state index contributed by atoms with van der Waals surface area (Å²) in [5, 5.41) is 0. The van der Waals surface area contributed by atoms with Gasteiger partial charge in [-0.1, -0.05) is 13.8 Å². The first kappa shape index (κ1) is 27.8. The summed E-state index contributed by atoms with van der Waals surface area (Å²) in [6, 6.07) is -0.0508. The van der Waals surface area contributed by atoms with Crippen LogP contribution in [0.3, 0.4) is 0 Å². The molecule has 0 spiro atoms. The molecular weight excluding hydrogens is 416 g/mol. The van der Waals surface area contributed by atoms with Crippen molar-refractivity contribution in [2.45, 2.75) is 47.1 Å². The maximum atomic E-state index is 12.8. The van der Waals surface area contributed by atoms with Crippen molar-refractivity contribution in [2.24, 2.45) is 0 Å². The van der Waals surface area contributed by atoms with Gasteiger partial charge in [0, 0.05) is 52.4 Å². The highest BCUT2D eigenvalue weighted by atomic mass is 16.5. The van der Waals surface area contributed by atoms with Crippen molar-refractivity contribution >= 4 is 23.6 Å². The Morgan fingerprint density at radius 3 is 1.59 bits per heavy atom. The van der Waals surface area contributed by atoms with Crippen LogP contribution in [0.25, 0.3) is 0 Å². The molecule has 2 saturated heterocycles. The van der Waals surface area contributed by atoms with E-state index in [2.05, 4.69) is 0 Å². The molecule has 0 N–H and O–H groups in total. The first-order valence-corrected chi connectivity index (χ1v) is 11.6. The number of hydrogen-bond donors (Lipinski definition) is 0. The molecule has 0 aromatic carbocycles. The first-order chi connectivity index (χ1) is 15.3. The molecule has 0 unspecified atom stereocenters. The number of urea groups is 1. The molecule has 2 rings (SSSR count). The normalized spacial score (nSPS) is 16.6. The summed E-state index contributed by atoms with van der Waals surface area (Å²) >= 11 is 0. The van der Waals surface area contributed by atoms with E-state index in [1.807, 2.05) is 27.7 Å². The van der Waals surface area contributed by atoms with Crippen molar-refractivity contribution in [3.63, 3.8) is 0 Å². The van der Waals surface area contributed by atoms with E-state index in [0.717, 1.165) is 0 Å². The SMILES string of the molecule is CC.CC(=O)COCC(=O)N1CCN(C(=O)N2CCN(C(=O)CCOC(C)C)CC2)CC1. The van der Waals surface area contributed by atoms with Gasteiger partial charge in [0.05, 0.1) is 19.1 Å². The average molecular weight is 457 g/mol. The van der Waals surface area contributed by atoms with Gasteiger partial charge < -0.3 is 29.1 Å². The molecule has 10 heteroatoms. The van der Waals surface area contributed by atoms with Gasteiger partial charge in [0.2, 0.25) is 11.8 Å². The number of amides is 4. The Morgan fingerprint density at radius 2 is 1.16 bits per heavy atom. The number of rotatable bonds is 8. The highest BCUT2D eigenvalue weighted by Crippen LogP contribution is 2.10. The van der Waals surface area contributed by atoms with Crippen LogP contribution in [0, 0.1) is 0 Å². The quantitative estimate of drug-likeness (QED) is 0.537. The predicted octanol–water partition coefficient (Wildman–Crippen LogP) is 0.842. The van der Waals surface area contributed by atoms with Crippen LogP contribution in [0.2, 0.25) is 0 Å². The summed E-state index contributed by atoms with van der Waals surface area (Å²) in [6.07, 6.45) is 0.467. The largest absolute Gasteiger partial charge is 0.378 e. The zero-order valence-electron chi connectivity index (χ0n) is 20.3. The Labute approximate surface area is 191 Å². The smallest absolute Gasteiger partial charge is 0.320 e. The van der Waals surface area contributed by atoms with Crippen LogP contribution in [-0.4, -0.2) is 122 Å². The standard InChI is InChI=1S/C20H34N4O6.C2H6/c1-16(2)30-13-4-18(26)21-5-9-23(10-6-21)20(28)24-11-7-22(8-12-24)19(27)15-29-14-17(3)25;1-2/h16H,4-15H2,1-3H3;1-2H3.